The maximum atomic E-state index is 12.5. The van der Waals surface area contributed by atoms with Gasteiger partial charge in [0.05, 0.1) is 24.5 Å². The Kier molecular flexibility index (Phi) is 5.88. The molecule has 1 rings (SSSR count). The molecule has 1 aromatic rings. The monoisotopic (exact) mass is 310 g/mol. The van der Waals surface area contributed by atoms with Crippen molar-refractivity contribution in [2.24, 2.45) is 0 Å². The topological polar surface area (TPSA) is 87.5 Å². The van der Waals surface area contributed by atoms with Crippen LogP contribution in [-0.2, 0) is 26.0 Å². The van der Waals surface area contributed by atoms with E-state index in [-0.39, 0.29) is 23.9 Å². The van der Waals surface area contributed by atoms with Gasteiger partial charge in [-0.2, -0.15) is 9.57 Å². The van der Waals surface area contributed by atoms with Gasteiger partial charge in [-0.15, -0.1) is 0 Å². The van der Waals surface area contributed by atoms with E-state index in [1.54, 1.807) is 26.0 Å². The van der Waals surface area contributed by atoms with E-state index in [2.05, 4.69) is 4.74 Å². The number of hydrogen-bond donors (Lipinski definition) is 0. The Hall–Kier alpha value is -1.91. The van der Waals surface area contributed by atoms with Crippen LogP contribution in [0.15, 0.2) is 29.2 Å². The van der Waals surface area contributed by atoms with Crippen LogP contribution >= 0.6 is 0 Å². The smallest absolute Gasteiger partial charge is 0.321 e. The van der Waals surface area contributed by atoms with E-state index in [0.717, 1.165) is 9.87 Å². The second-order valence-corrected chi connectivity index (χ2v) is 6.59. The van der Waals surface area contributed by atoms with Gasteiger partial charge in [-0.25, -0.2) is 8.42 Å². The molecule has 0 unspecified atom stereocenters. The Labute approximate surface area is 125 Å². The molecular weight excluding hydrogens is 292 g/mol. The van der Waals surface area contributed by atoms with Crippen LogP contribution in [0.1, 0.15) is 19.4 Å². The molecule has 6 nitrogen and oxygen atoms in total. The fraction of sp³-hybridized carbons (Fsp3) is 0.429. The fourth-order valence-electron chi connectivity index (χ4n) is 1.74. The van der Waals surface area contributed by atoms with Crippen molar-refractivity contribution in [1.82, 2.24) is 4.31 Å². The molecule has 114 valence electrons. The predicted octanol–water partition coefficient (Wildman–Crippen LogP) is 1.32. The van der Waals surface area contributed by atoms with Gasteiger partial charge in [0, 0.05) is 6.04 Å². The summed E-state index contributed by atoms with van der Waals surface area (Å²) >= 11 is 0. The summed E-state index contributed by atoms with van der Waals surface area (Å²) in [5, 5.41) is 8.61. The molecule has 0 heterocycles. The quantitative estimate of drug-likeness (QED) is 0.740. The lowest BCUT2D eigenvalue weighted by molar-refractivity contribution is -0.141. The molecule has 0 radical (unpaired) electrons. The Balaban J connectivity index is 3.11. The van der Waals surface area contributed by atoms with Gasteiger partial charge in [-0.3, -0.25) is 4.79 Å². The van der Waals surface area contributed by atoms with Crippen molar-refractivity contribution in [2.75, 3.05) is 13.7 Å². The van der Waals surface area contributed by atoms with Gasteiger partial charge in [0.1, 0.15) is 6.54 Å². The second-order valence-electron chi connectivity index (χ2n) is 4.70. The summed E-state index contributed by atoms with van der Waals surface area (Å²) in [5.41, 5.74) is 0.737. The van der Waals surface area contributed by atoms with Crippen molar-refractivity contribution < 1.29 is 17.9 Å². The molecule has 0 aliphatic carbocycles. The van der Waals surface area contributed by atoms with Crippen molar-refractivity contribution in [3.63, 3.8) is 0 Å². The molecule has 0 aliphatic heterocycles. The Morgan fingerprint density at radius 3 is 2.33 bits per heavy atom. The van der Waals surface area contributed by atoms with Gasteiger partial charge in [-0.1, -0.05) is 12.1 Å². The molecule has 0 bridgehead atoms. The first-order valence-electron chi connectivity index (χ1n) is 6.37. The third-order valence-electron chi connectivity index (χ3n) is 2.90. The lowest BCUT2D eigenvalue weighted by Crippen LogP contribution is -2.40. The molecule has 0 amide bonds. The highest BCUT2D eigenvalue weighted by atomic mass is 32.2. The van der Waals surface area contributed by atoms with Crippen LogP contribution in [-0.4, -0.2) is 38.4 Å². The molecule has 0 aliphatic rings. The first-order chi connectivity index (χ1) is 9.82. The second kappa shape index (κ2) is 7.20. The molecule has 1 aromatic carbocycles. The fourth-order valence-corrected chi connectivity index (χ4v) is 3.32. The van der Waals surface area contributed by atoms with E-state index in [1.165, 1.54) is 19.2 Å². The van der Waals surface area contributed by atoms with Crippen LogP contribution in [0.5, 0.6) is 0 Å². The van der Waals surface area contributed by atoms with Crippen LogP contribution in [0.25, 0.3) is 0 Å². The summed E-state index contributed by atoms with van der Waals surface area (Å²) in [6, 6.07) is 7.67. The molecule has 0 saturated carbocycles. The van der Waals surface area contributed by atoms with Crippen LogP contribution in [0.4, 0.5) is 0 Å². The van der Waals surface area contributed by atoms with E-state index >= 15 is 0 Å². The Morgan fingerprint density at radius 1 is 1.33 bits per heavy atom. The van der Waals surface area contributed by atoms with Crippen LogP contribution < -0.4 is 0 Å². The highest BCUT2D eigenvalue weighted by Gasteiger charge is 2.29. The van der Waals surface area contributed by atoms with Crippen LogP contribution in [0.2, 0.25) is 0 Å². The van der Waals surface area contributed by atoms with Gasteiger partial charge >= 0.3 is 5.97 Å². The number of benzene rings is 1. The maximum Gasteiger partial charge on any atom is 0.321 e. The van der Waals surface area contributed by atoms with Gasteiger partial charge < -0.3 is 4.74 Å². The van der Waals surface area contributed by atoms with Crippen LogP contribution in [0.3, 0.4) is 0 Å². The number of nitrogens with zero attached hydrogens (tertiary/aromatic N) is 2. The average molecular weight is 310 g/mol. The minimum Gasteiger partial charge on any atom is -0.468 e. The van der Waals surface area contributed by atoms with Gasteiger partial charge in [-0.05, 0) is 31.5 Å². The molecule has 0 spiro atoms. The highest BCUT2D eigenvalue weighted by Crippen LogP contribution is 2.19. The lowest BCUT2D eigenvalue weighted by atomic mass is 10.2. The number of hydrogen-bond acceptors (Lipinski definition) is 5. The molecule has 21 heavy (non-hydrogen) atoms. The minimum absolute atomic E-state index is 0.0850. The number of sulfonamides is 1. The van der Waals surface area contributed by atoms with E-state index in [0.29, 0.717) is 0 Å². The number of nitriles is 1. The van der Waals surface area contributed by atoms with Crippen molar-refractivity contribution >= 4 is 16.0 Å². The predicted molar refractivity (Wildman–Crippen MR) is 76.8 cm³/mol. The summed E-state index contributed by atoms with van der Waals surface area (Å²) in [6.07, 6.45) is 0.219. The summed E-state index contributed by atoms with van der Waals surface area (Å²) < 4.78 is 30.7. The average Bonchev–Trinajstić information content (AvgIpc) is 2.44. The summed E-state index contributed by atoms with van der Waals surface area (Å²) in [5.74, 6) is -0.617. The molecule has 0 fully saturated rings. The van der Waals surface area contributed by atoms with Crippen molar-refractivity contribution in [3.8, 4) is 6.07 Å². The maximum absolute atomic E-state index is 12.5. The molecular formula is C14H18N2O4S. The first kappa shape index (κ1) is 17.1. The van der Waals surface area contributed by atoms with E-state index in [1.807, 2.05) is 6.07 Å². The summed E-state index contributed by atoms with van der Waals surface area (Å²) in [6.45, 7) is 3.03. The zero-order chi connectivity index (χ0) is 16.0. The Bertz CT molecular complexity index is 630. The molecule has 0 atom stereocenters. The zero-order valence-corrected chi connectivity index (χ0v) is 13.1. The Morgan fingerprint density at radius 2 is 1.90 bits per heavy atom. The van der Waals surface area contributed by atoms with E-state index in [9.17, 15) is 13.2 Å². The van der Waals surface area contributed by atoms with Gasteiger partial charge in [0.25, 0.3) is 0 Å². The van der Waals surface area contributed by atoms with Crippen molar-refractivity contribution in [1.29, 1.82) is 5.26 Å². The van der Waals surface area contributed by atoms with Gasteiger partial charge in [0.15, 0.2) is 0 Å². The lowest BCUT2D eigenvalue weighted by Gasteiger charge is -2.24. The number of carbonyl (C=O) groups is 1. The van der Waals surface area contributed by atoms with E-state index in [4.69, 9.17) is 5.26 Å². The number of carbonyl (C=O) groups excluding carboxylic acids is 1. The molecule has 0 N–H and O–H groups in total. The van der Waals surface area contributed by atoms with Crippen molar-refractivity contribution in [2.45, 2.75) is 31.2 Å². The SMILES string of the molecule is COC(=O)CN(C(C)C)S(=O)(=O)c1ccc(CC#N)cc1. The molecule has 7 heteroatoms. The molecule has 0 saturated heterocycles. The first-order valence-corrected chi connectivity index (χ1v) is 7.81. The number of methoxy groups -OCH3 is 1. The normalized spacial score (nSPS) is 11.4. The zero-order valence-electron chi connectivity index (χ0n) is 12.2. The number of esters is 1. The number of ether oxygens (including phenoxy) is 1. The largest absolute Gasteiger partial charge is 0.468 e. The van der Waals surface area contributed by atoms with Crippen LogP contribution in [0, 0.1) is 11.3 Å². The van der Waals surface area contributed by atoms with Crippen molar-refractivity contribution in [3.05, 3.63) is 29.8 Å². The van der Waals surface area contributed by atoms with E-state index < -0.39 is 16.0 Å². The third kappa shape index (κ3) is 4.28. The molecule has 0 aromatic heterocycles. The summed E-state index contributed by atoms with van der Waals surface area (Å²) in [4.78, 5) is 11.5. The number of rotatable bonds is 6. The standard InChI is InChI=1S/C14H18N2O4S/c1-11(2)16(10-14(17)20-3)21(18,19)13-6-4-12(5-7-13)8-9-15/h4-7,11H,8,10H2,1-3H3. The van der Waals surface area contributed by atoms with Gasteiger partial charge in [0.2, 0.25) is 10.0 Å². The minimum atomic E-state index is -3.79. The third-order valence-corrected chi connectivity index (χ3v) is 4.94. The summed E-state index contributed by atoms with van der Waals surface area (Å²) in [7, 11) is -2.58. The highest BCUT2D eigenvalue weighted by molar-refractivity contribution is 7.89.